The summed E-state index contributed by atoms with van der Waals surface area (Å²) in [4.78, 5) is 37.0. The molecule has 3 N–H and O–H groups in total. The Morgan fingerprint density at radius 1 is 0.968 bits per heavy atom. The van der Waals surface area contributed by atoms with Crippen molar-refractivity contribution in [1.82, 2.24) is 20.2 Å². The number of primary amides is 1. The first-order valence-corrected chi connectivity index (χ1v) is 10.4. The number of benzene rings is 1. The number of pyridine rings is 2. The van der Waals surface area contributed by atoms with Crippen LogP contribution in [0.4, 0.5) is 5.82 Å². The van der Waals surface area contributed by atoms with Crippen molar-refractivity contribution in [2.45, 2.75) is 6.42 Å². The largest absolute Gasteiger partial charge is 0.365 e. The van der Waals surface area contributed by atoms with Crippen LogP contribution in [0.5, 0.6) is 0 Å². The molecule has 2 amide bonds. The van der Waals surface area contributed by atoms with Gasteiger partial charge in [-0.05, 0) is 30.2 Å². The minimum absolute atomic E-state index is 0.0114. The number of amides is 2. The lowest BCUT2D eigenvalue weighted by Gasteiger charge is -2.35. The molecule has 3 aromatic rings. The number of fused-ring (bicyclic) bond motifs is 1. The first-order valence-electron chi connectivity index (χ1n) is 10.4. The zero-order valence-corrected chi connectivity index (χ0v) is 17.3. The van der Waals surface area contributed by atoms with E-state index in [1.165, 1.54) is 0 Å². The summed E-state index contributed by atoms with van der Waals surface area (Å²) in [6.07, 6.45) is 4.19. The van der Waals surface area contributed by atoms with E-state index in [2.05, 4.69) is 26.3 Å². The highest BCUT2D eigenvalue weighted by Gasteiger charge is 2.22. The third-order valence-corrected chi connectivity index (χ3v) is 5.52. The second-order valence-electron chi connectivity index (χ2n) is 7.59. The molecule has 0 spiro atoms. The average Bonchev–Trinajstić information content (AvgIpc) is 2.80. The van der Waals surface area contributed by atoms with Crippen molar-refractivity contribution < 1.29 is 9.59 Å². The Kier molecular flexibility index (Phi) is 6.37. The molecule has 1 saturated heterocycles. The van der Waals surface area contributed by atoms with Crippen LogP contribution in [0, 0.1) is 0 Å². The highest BCUT2D eigenvalue weighted by Crippen LogP contribution is 2.18. The lowest BCUT2D eigenvalue weighted by molar-refractivity contribution is -0.122. The Morgan fingerprint density at radius 3 is 2.52 bits per heavy atom. The number of nitrogens with two attached hydrogens (primary N) is 1. The van der Waals surface area contributed by atoms with E-state index >= 15 is 0 Å². The molecule has 1 fully saturated rings. The van der Waals surface area contributed by atoms with E-state index in [4.69, 9.17) is 5.73 Å². The molecule has 0 saturated carbocycles. The number of anilines is 1. The number of hydrogen-bond donors (Lipinski definition) is 2. The predicted octanol–water partition coefficient (Wildman–Crippen LogP) is 1.21. The maximum atomic E-state index is 12.4. The molecule has 0 aliphatic carbocycles. The highest BCUT2D eigenvalue weighted by atomic mass is 16.2. The van der Waals surface area contributed by atoms with Gasteiger partial charge in [0.1, 0.15) is 5.82 Å². The van der Waals surface area contributed by atoms with Crippen molar-refractivity contribution in [2.75, 3.05) is 44.2 Å². The van der Waals surface area contributed by atoms with Crippen molar-refractivity contribution in [2.24, 2.45) is 5.73 Å². The van der Waals surface area contributed by atoms with Gasteiger partial charge in [0.05, 0.1) is 17.6 Å². The molecule has 4 rings (SSSR count). The smallest absolute Gasteiger partial charge is 0.252 e. The van der Waals surface area contributed by atoms with E-state index in [1.807, 2.05) is 29.2 Å². The van der Waals surface area contributed by atoms with Gasteiger partial charge >= 0.3 is 0 Å². The van der Waals surface area contributed by atoms with Crippen LogP contribution >= 0.6 is 0 Å². The van der Waals surface area contributed by atoms with E-state index in [0.717, 1.165) is 36.0 Å². The second-order valence-corrected chi connectivity index (χ2v) is 7.59. The molecule has 160 valence electrons. The van der Waals surface area contributed by atoms with E-state index in [1.54, 1.807) is 24.5 Å². The minimum atomic E-state index is -0.480. The van der Waals surface area contributed by atoms with Gasteiger partial charge in [-0.15, -0.1) is 0 Å². The second kappa shape index (κ2) is 9.53. The highest BCUT2D eigenvalue weighted by molar-refractivity contribution is 5.97. The molecular weight excluding hydrogens is 392 g/mol. The summed E-state index contributed by atoms with van der Waals surface area (Å²) in [6, 6.07) is 13.5. The average molecular weight is 419 g/mol. The number of nitrogens with zero attached hydrogens (tertiary/aromatic N) is 4. The standard InChI is InChI=1S/C23H26N6O2/c24-22(31)19-7-3-10-27-23(19)29-14-12-28(13-15-29)16-20(30)25-11-8-18-5-1-4-17-6-2-9-26-21(17)18/h1-7,9-10H,8,11-16H2,(H2,24,31)(H,25,30). The van der Waals surface area contributed by atoms with Gasteiger partial charge in [0, 0.05) is 50.5 Å². The summed E-state index contributed by atoms with van der Waals surface area (Å²) in [5, 5.41) is 4.12. The molecule has 8 heteroatoms. The van der Waals surface area contributed by atoms with E-state index in [-0.39, 0.29) is 5.91 Å². The van der Waals surface area contributed by atoms with Crippen molar-refractivity contribution >= 4 is 28.5 Å². The van der Waals surface area contributed by atoms with Crippen molar-refractivity contribution in [3.05, 3.63) is 66.0 Å². The zero-order chi connectivity index (χ0) is 21.6. The topological polar surface area (TPSA) is 104 Å². The monoisotopic (exact) mass is 418 g/mol. The third-order valence-electron chi connectivity index (χ3n) is 5.52. The first-order chi connectivity index (χ1) is 15.1. The van der Waals surface area contributed by atoms with Crippen LogP contribution in [0.3, 0.4) is 0 Å². The molecule has 3 heterocycles. The van der Waals surface area contributed by atoms with Gasteiger partial charge in [-0.3, -0.25) is 19.5 Å². The maximum absolute atomic E-state index is 12.4. The zero-order valence-electron chi connectivity index (χ0n) is 17.3. The molecule has 0 bridgehead atoms. The lowest BCUT2D eigenvalue weighted by Crippen LogP contribution is -2.50. The van der Waals surface area contributed by atoms with Gasteiger partial charge in [-0.2, -0.15) is 0 Å². The number of para-hydroxylation sites is 1. The Bertz CT molecular complexity index is 1070. The molecule has 1 aromatic carbocycles. The fraction of sp³-hybridized carbons (Fsp3) is 0.304. The molecule has 0 unspecified atom stereocenters. The summed E-state index contributed by atoms with van der Waals surface area (Å²) in [7, 11) is 0. The molecule has 0 radical (unpaired) electrons. The number of aromatic nitrogens is 2. The summed E-state index contributed by atoms with van der Waals surface area (Å²) < 4.78 is 0. The Morgan fingerprint density at radius 2 is 1.71 bits per heavy atom. The van der Waals surface area contributed by atoms with Gasteiger partial charge < -0.3 is 16.0 Å². The summed E-state index contributed by atoms with van der Waals surface area (Å²) >= 11 is 0. The van der Waals surface area contributed by atoms with Crippen LogP contribution in [0.1, 0.15) is 15.9 Å². The fourth-order valence-electron chi connectivity index (χ4n) is 3.92. The quantitative estimate of drug-likeness (QED) is 0.598. The van der Waals surface area contributed by atoms with Gasteiger partial charge in [-0.1, -0.05) is 24.3 Å². The number of piperazine rings is 1. The Hall–Kier alpha value is -3.52. The van der Waals surface area contributed by atoms with Crippen molar-refractivity contribution in [3.63, 3.8) is 0 Å². The van der Waals surface area contributed by atoms with Crippen LogP contribution in [-0.4, -0.2) is 66.0 Å². The maximum Gasteiger partial charge on any atom is 0.252 e. The van der Waals surface area contributed by atoms with Crippen LogP contribution in [0.2, 0.25) is 0 Å². The number of carbonyl (C=O) groups is 2. The number of carbonyl (C=O) groups excluding carboxylic acids is 2. The summed E-state index contributed by atoms with van der Waals surface area (Å²) in [5.74, 6) is 0.145. The van der Waals surface area contributed by atoms with Crippen LogP contribution in [-0.2, 0) is 11.2 Å². The minimum Gasteiger partial charge on any atom is -0.365 e. The molecule has 2 aromatic heterocycles. The number of rotatable bonds is 7. The summed E-state index contributed by atoms with van der Waals surface area (Å²) in [6.45, 7) is 3.74. The van der Waals surface area contributed by atoms with E-state index in [9.17, 15) is 9.59 Å². The van der Waals surface area contributed by atoms with Crippen LogP contribution in [0.15, 0.2) is 54.9 Å². The van der Waals surface area contributed by atoms with Gasteiger partial charge in [-0.25, -0.2) is 4.98 Å². The third kappa shape index (κ3) is 4.97. The fourth-order valence-corrected chi connectivity index (χ4v) is 3.92. The normalized spacial score (nSPS) is 14.5. The molecule has 1 aliphatic heterocycles. The molecule has 1 aliphatic rings. The SMILES string of the molecule is NC(=O)c1cccnc1N1CCN(CC(=O)NCCc2cccc3cccnc23)CC1. The number of nitrogens with one attached hydrogen (secondary N) is 1. The van der Waals surface area contributed by atoms with E-state index < -0.39 is 5.91 Å². The van der Waals surface area contributed by atoms with Gasteiger partial charge in [0.25, 0.3) is 5.91 Å². The van der Waals surface area contributed by atoms with Crippen LogP contribution < -0.4 is 16.0 Å². The summed E-state index contributed by atoms with van der Waals surface area (Å²) in [5.41, 5.74) is 8.01. The van der Waals surface area contributed by atoms with Crippen LogP contribution in [0.25, 0.3) is 10.9 Å². The molecule has 31 heavy (non-hydrogen) atoms. The Labute approximate surface area is 181 Å². The lowest BCUT2D eigenvalue weighted by atomic mass is 10.1. The van der Waals surface area contributed by atoms with Gasteiger partial charge in [0.15, 0.2) is 0 Å². The van der Waals surface area contributed by atoms with Gasteiger partial charge in [0.2, 0.25) is 5.91 Å². The molecule has 0 atom stereocenters. The van der Waals surface area contributed by atoms with Crippen molar-refractivity contribution in [3.8, 4) is 0 Å². The molecule has 8 nitrogen and oxygen atoms in total. The number of hydrogen-bond acceptors (Lipinski definition) is 6. The van der Waals surface area contributed by atoms with Crippen molar-refractivity contribution in [1.29, 1.82) is 0 Å². The first kappa shape index (κ1) is 20.7. The molecular formula is C23H26N6O2. The Balaban J connectivity index is 1.25. The van der Waals surface area contributed by atoms with E-state index in [0.29, 0.717) is 37.6 Å². The predicted molar refractivity (Wildman–Crippen MR) is 120 cm³/mol.